The van der Waals surface area contributed by atoms with E-state index in [1.54, 1.807) is 13.3 Å². The van der Waals surface area contributed by atoms with Gasteiger partial charge in [-0.1, -0.05) is 12.8 Å². The second-order valence-corrected chi connectivity index (χ2v) is 7.88. The molecule has 0 saturated carbocycles. The fourth-order valence-corrected chi connectivity index (χ4v) is 3.95. The zero-order valence-corrected chi connectivity index (χ0v) is 19.1. The lowest BCUT2D eigenvalue weighted by Crippen LogP contribution is -2.32. The number of ether oxygens (including phenoxy) is 1. The molecule has 164 valence electrons. The third-order valence-corrected chi connectivity index (χ3v) is 5.69. The number of pyridine rings is 2. The molecule has 1 saturated heterocycles. The highest BCUT2D eigenvalue weighted by molar-refractivity contribution is 6.07. The van der Waals surface area contributed by atoms with E-state index in [1.807, 2.05) is 49.1 Å². The molecule has 2 aromatic heterocycles. The smallest absolute Gasteiger partial charge is 0.257 e. The van der Waals surface area contributed by atoms with E-state index in [0.29, 0.717) is 11.2 Å². The summed E-state index contributed by atoms with van der Waals surface area (Å²) in [4.78, 5) is 24.5. The number of aromatic nitrogens is 2. The summed E-state index contributed by atoms with van der Waals surface area (Å²) in [5.74, 6) is 0.830. The number of benzene rings is 1. The van der Waals surface area contributed by atoms with Crippen molar-refractivity contribution in [1.82, 2.24) is 14.9 Å². The molecular weight excluding hydrogens is 412 g/mol. The maximum absolute atomic E-state index is 13.5. The van der Waals surface area contributed by atoms with Gasteiger partial charge in [0.15, 0.2) is 5.65 Å². The highest BCUT2D eigenvalue weighted by Crippen LogP contribution is 2.32. The Morgan fingerprint density at radius 3 is 2.48 bits per heavy atom. The zero-order chi connectivity index (χ0) is 21.1. The lowest BCUT2D eigenvalue weighted by molar-refractivity contribution is 0.0762. The lowest BCUT2D eigenvalue weighted by Gasteiger charge is -2.23. The van der Waals surface area contributed by atoms with E-state index in [1.165, 1.54) is 12.8 Å². The normalized spacial score (nSPS) is 14.0. The van der Waals surface area contributed by atoms with Crippen molar-refractivity contribution in [2.45, 2.75) is 39.5 Å². The minimum atomic E-state index is 0. The molecule has 0 spiro atoms. The van der Waals surface area contributed by atoms with Crippen LogP contribution in [0.4, 0.5) is 11.4 Å². The number of amides is 1. The van der Waals surface area contributed by atoms with Crippen molar-refractivity contribution >= 4 is 40.7 Å². The summed E-state index contributed by atoms with van der Waals surface area (Å²) in [6, 6.07) is 9.81. The second kappa shape index (κ2) is 9.96. The van der Waals surface area contributed by atoms with Gasteiger partial charge in [-0.2, -0.15) is 0 Å². The molecule has 1 N–H and O–H groups in total. The predicted octanol–water partition coefficient (Wildman–Crippen LogP) is 5.44. The second-order valence-electron chi connectivity index (χ2n) is 7.88. The van der Waals surface area contributed by atoms with E-state index in [9.17, 15) is 4.79 Å². The molecule has 1 aromatic carbocycles. The van der Waals surface area contributed by atoms with Crippen LogP contribution in [0.5, 0.6) is 5.75 Å². The average Bonchev–Trinajstić information content (AvgIpc) is 3.04. The first-order valence-electron chi connectivity index (χ1n) is 10.5. The Bertz CT molecular complexity index is 1080. The number of aryl methyl sites for hydroxylation is 2. The largest absolute Gasteiger partial charge is 0.497 e. The minimum Gasteiger partial charge on any atom is -0.497 e. The van der Waals surface area contributed by atoms with Crippen LogP contribution in [-0.2, 0) is 0 Å². The number of carbonyl (C=O) groups is 1. The number of methoxy groups -OCH3 is 1. The summed E-state index contributed by atoms with van der Waals surface area (Å²) in [7, 11) is 1.66. The van der Waals surface area contributed by atoms with E-state index >= 15 is 0 Å². The Kier molecular flexibility index (Phi) is 7.33. The van der Waals surface area contributed by atoms with Crippen molar-refractivity contribution in [3.63, 3.8) is 0 Å². The number of nitrogens with one attached hydrogen (secondary N) is 1. The first-order valence-corrected chi connectivity index (χ1v) is 10.5. The van der Waals surface area contributed by atoms with E-state index in [4.69, 9.17) is 4.74 Å². The van der Waals surface area contributed by atoms with Crippen molar-refractivity contribution in [3.8, 4) is 5.75 Å². The monoisotopic (exact) mass is 440 g/mol. The average molecular weight is 441 g/mol. The van der Waals surface area contributed by atoms with Crippen LogP contribution in [0.3, 0.4) is 0 Å². The van der Waals surface area contributed by atoms with Crippen LogP contribution in [0, 0.1) is 13.8 Å². The standard InChI is InChI=1S/C24H28N4O2.ClH/c1-16-14-18(30-3)9-11-21(16)27-22-19-10-8-17(2)26-23(19)25-15-20(22)24(29)28-12-6-4-5-7-13-28;/h8-11,14-15H,4-7,12-13H2,1-3H3,(H,25,26,27);1H. The highest BCUT2D eigenvalue weighted by Gasteiger charge is 2.23. The number of hydrogen-bond acceptors (Lipinski definition) is 5. The van der Waals surface area contributed by atoms with Gasteiger partial charge in [-0.15, -0.1) is 12.4 Å². The molecule has 0 aliphatic carbocycles. The molecule has 7 heteroatoms. The molecule has 1 aliphatic rings. The topological polar surface area (TPSA) is 67.3 Å². The van der Waals surface area contributed by atoms with E-state index in [0.717, 1.165) is 59.7 Å². The molecule has 3 heterocycles. The van der Waals surface area contributed by atoms with Gasteiger partial charge in [-0.05, 0) is 62.6 Å². The maximum atomic E-state index is 13.5. The number of anilines is 2. The molecule has 0 radical (unpaired) electrons. The Hall–Kier alpha value is -2.86. The summed E-state index contributed by atoms with van der Waals surface area (Å²) >= 11 is 0. The van der Waals surface area contributed by atoms with Crippen molar-refractivity contribution < 1.29 is 9.53 Å². The number of rotatable bonds is 4. The van der Waals surface area contributed by atoms with Gasteiger partial charge in [0, 0.05) is 36.1 Å². The maximum Gasteiger partial charge on any atom is 0.257 e. The molecular formula is C24H29ClN4O2. The van der Waals surface area contributed by atoms with Crippen molar-refractivity contribution in [2.75, 3.05) is 25.5 Å². The van der Waals surface area contributed by atoms with Crippen LogP contribution < -0.4 is 10.1 Å². The van der Waals surface area contributed by atoms with Gasteiger partial charge >= 0.3 is 0 Å². The summed E-state index contributed by atoms with van der Waals surface area (Å²) in [5, 5.41) is 4.35. The summed E-state index contributed by atoms with van der Waals surface area (Å²) in [6.07, 6.45) is 6.13. The number of hydrogen-bond donors (Lipinski definition) is 1. The molecule has 1 fully saturated rings. The highest BCUT2D eigenvalue weighted by atomic mass is 35.5. The van der Waals surface area contributed by atoms with Crippen LogP contribution in [0.1, 0.15) is 47.3 Å². The molecule has 1 amide bonds. The number of likely N-dealkylation sites (tertiary alicyclic amines) is 1. The lowest BCUT2D eigenvalue weighted by atomic mass is 10.1. The van der Waals surface area contributed by atoms with Gasteiger partial charge in [-0.25, -0.2) is 9.97 Å². The van der Waals surface area contributed by atoms with Gasteiger partial charge in [0.25, 0.3) is 5.91 Å². The fourth-order valence-electron chi connectivity index (χ4n) is 3.95. The minimum absolute atomic E-state index is 0. The third-order valence-electron chi connectivity index (χ3n) is 5.69. The molecule has 0 bridgehead atoms. The van der Waals surface area contributed by atoms with Crippen LogP contribution in [-0.4, -0.2) is 41.0 Å². The molecule has 1 aliphatic heterocycles. The SMILES string of the molecule is COc1ccc(Nc2c(C(=O)N3CCCCCC3)cnc3nc(C)ccc23)c(C)c1.Cl. The number of carbonyl (C=O) groups excluding carboxylic acids is 1. The van der Waals surface area contributed by atoms with Gasteiger partial charge in [0.1, 0.15) is 5.75 Å². The first kappa shape index (κ1) is 22.8. The summed E-state index contributed by atoms with van der Waals surface area (Å²) in [6.45, 7) is 5.55. The Balaban J connectivity index is 0.00000272. The van der Waals surface area contributed by atoms with Crippen molar-refractivity contribution in [2.24, 2.45) is 0 Å². The summed E-state index contributed by atoms with van der Waals surface area (Å²) in [5.41, 5.74) is 4.84. The Morgan fingerprint density at radius 1 is 1.06 bits per heavy atom. The van der Waals surface area contributed by atoms with Gasteiger partial charge in [-0.3, -0.25) is 4.79 Å². The van der Waals surface area contributed by atoms with Crippen LogP contribution >= 0.6 is 12.4 Å². The van der Waals surface area contributed by atoms with Gasteiger partial charge in [0.05, 0.1) is 18.4 Å². The van der Waals surface area contributed by atoms with E-state index in [-0.39, 0.29) is 18.3 Å². The molecule has 6 nitrogen and oxygen atoms in total. The van der Waals surface area contributed by atoms with Crippen molar-refractivity contribution in [1.29, 1.82) is 0 Å². The third kappa shape index (κ3) is 4.90. The molecule has 3 aromatic rings. The zero-order valence-electron chi connectivity index (χ0n) is 18.3. The summed E-state index contributed by atoms with van der Waals surface area (Å²) < 4.78 is 5.33. The van der Waals surface area contributed by atoms with Crippen LogP contribution in [0.2, 0.25) is 0 Å². The van der Waals surface area contributed by atoms with Crippen LogP contribution in [0.25, 0.3) is 11.0 Å². The molecule has 0 atom stereocenters. The predicted molar refractivity (Wildman–Crippen MR) is 127 cm³/mol. The number of nitrogens with zero attached hydrogens (tertiary/aromatic N) is 3. The van der Waals surface area contributed by atoms with E-state index in [2.05, 4.69) is 15.3 Å². The first-order chi connectivity index (χ1) is 14.6. The number of fused-ring (bicyclic) bond motifs is 1. The van der Waals surface area contributed by atoms with Gasteiger partial charge < -0.3 is 15.0 Å². The van der Waals surface area contributed by atoms with Gasteiger partial charge in [0.2, 0.25) is 0 Å². The van der Waals surface area contributed by atoms with Crippen molar-refractivity contribution in [3.05, 3.63) is 53.3 Å². The molecule has 0 unspecified atom stereocenters. The van der Waals surface area contributed by atoms with E-state index < -0.39 is 0 Å². The Labute approximate surface area is 189 Å². The van der Waals surface area contributed by atoms with Crippen LogP contribution in [0.15, 0.2) is 36.5 Å². The molecule has 4 rings (SSSR count). The fraction of sp³-hybridized carbons (Fsp3) is 0.375. The molecule has 31 heavy (non-hydrogen) atoms. The number of halogens is 1. The Morgan fingerprint density at radius 2 is 1.81 bits per heavy atom. The quantitative estimate of drug-likeness (QED) is 0.585.